The largest absolute Gasteiger partial charge is 0.420 e. The van der Waals surface area contributed by atoms with E-state index in [1.165, 1.54) is 0 Å². The van der Waals surface area contributed by atoms with E-state index in [9.17, 15) is 0 Å². The lowest BCUT2D eigenvalue weighted by molar-refractivity contribution is 0.243. The van der Waals surface area contributed by atoms with Crippen molar-refractivity contribution >= 4 is 17.4 Å². The number of anilines is 1. The SMILES string of the molecule is CC(C)(c1ccc(Cl)cc1)c1nnc(-c2cnn3c2NC(C2C=CC=CC2)CC3(C)C)o1. The molecule has 3 heterocycles. The summed E-state index contributed by atoms with van der Waals surface area (Å²) < 4.78 is 8.27. The molecule has 2 aliphatic rings. The first-order valence-electron chi connectivity index (χ1n) is 11.0. The highest BCUT2D eigenvalue weighted by molar-refractivity contribution is 6.30. The second kappa shape index (κ2) is 7.62. The average Bonchev–Trinajstić information content (AvgIpc) is 3.42. The number of aromatic nitrogens is 4. The molecule has 6 nitrogen and oxygen atoms in total. The Morgan fingerprint density at radius 3 is 2.66 bits per heavy atom. The Morgan fingerprint density at radius 1 is 1.16 bits per heavy atom. The third-order valence-electron chi connectivity index (χ3n) is 6.67. The van der Waals surface area contributed by atoms with Crippen molar-refractivity contribution in [3.63, 3.8) is 0 Å². The van der Waals surface area contributed by atoms with E-state index in [2.05, 4.69) is 77.3 Å². The molecular weight excluding hydrogens is 422 g/mol. The van der Waals surface area contributed by atoms with Crippen LogP contribution in [0, 0.1) is 5.92 Å². The van der Waals surface area contributed by atoms with Crippen LogP contribution >= 0.6 is 11.6 Å². The molecule has 0 fully saturated rings. The molecule has 0 amide bonds. The van der Waals surface area contributed by atoms with Gasteiger partial charge in [0.1, 0.15) is 11.4 Å². The molecule has 0 saturated heterocycles. The van der Waals surface area contributed by atoms with E-state index in [1.807, 2.05) is 30.5 Å². The van der Waals surface area contributed by atoms with E-state index in [4.69, 9.17) is 16.0 Å². The number of hydrogen-bond donors (Lipinski definition) is 1. The Bertz CT molecular complexity index is 1190. The smallest absolute Gasteiger partial charge is 0.253 e. The van der Waals surface area contributed by atoms with Gasteiger partial charge in [0.2, 0.25) is 5.89 Å². The van der Waals surface area contributed by atoms with Crippen molar-refractivity contribution in [1.82, 2.24) is 20.0 Å². The topological polar surface area (TPSA) is 68.8 Å². The first-order valence-corrected chi connectivity index (χ1v) is 11.4. The fourth-order valence-electron chi connectivity index (χ4n) is 4.69. The second-order valence-electron chi connectivity index (χ2n) is 9.84. The molecule has 166 valence electrons. The van der Waals surface area contributed by atoms with Gasteiger partial charge in [-0.2, -0.15) is 5.10 Å². The molecule has 2 atom stereocenters. The molecule has 5 rings (SSSR count). The van der Waals surface area contributed by atoms with Gasteiger partial charge in [-0.3, -0.25) is 0 Å². The molecule has 0 bridgehead atoms. The summed E-state index contributed by atoms with van der Waals surface area (Å²) in [5, 5.41) is 17.9. The van der Waals surface area contributed by atoms with Gasteiger partial charge in [0.05, 0.1) is 17.2 Å². The Balaban J connectivity index is 1.48. The molecule has 1 N–H and O–H groups in total. The van der Waals surface area contributed by atoms with Crippen LogP contribution in [0.4, 0.5) is 5.82 Å². The Hall–Kier alpha value is -2.86. The fraction of sp³-hybridized carbons (Fsp3) is 0.400. The predicted octanol–water partition coefficient (Wildman–Crippen LogP) is 5.96. The number of allylic oxidation sites excluding steroid dienone is 3. The quantitative estimate of drug-likeness (QED) is 0.531. The second-order valence-corrected chi connectivity index (χ2v) is 10.3. The summed E-state index contributed by atoms with van der Waals surface area (Å²) >= 11 is 6.06. The van der Waals surface area contributed by atoms with Gasteiger partial charge in [0.25, 0.3) is 5.89 Å². The minimum Gasteiger partial charge on any atom is -0.420 e. The molecule has 0 saturated carbocycles. The van der Waals surface area contributed by atoms with Gasteiger partial charge in [-0.05, 0) is 58.2 Å². The Morgan fingerprint density at radius 2 is 1.94 bits per heavy atom. The van der Waals surface area contributed by atoms with Crippen molar-refractivity contribution in [3.8, 4) is 11.5 Å². The van der Waals surface area contributed by atoms with E-state index >= 15 is 0 Å². The molecular formula is C25H28ClN5O. The predicted molar refractivity (Wildman–Crippen MR) is 127 cm³/mol. The maximum atomic E-state index is 6.22. The van der Waals surface area contributed by atoms with E-state index in [0.717, 1.165) is 29.8 Å². The minimum atomic E-state index is -0.447. The minimum absolute atomic E-state index is 0.121. The van der Waals surface area contributed by atoms with Gasteiger partial charge in [-0.25, -0.2) is 4.68 Å². The monoisotopic (exact) mass is 449 g/mol. The van der Waals surface area contributed by atoms with Gasteiger partial charge in [-0.15, -0.1) is 10.2 Å². The lowest BCUT2D eigenvalue weighted by Crippen LogP contribution is -2.44. The van der Waals surface area contributed by atoms with E-state index < -0.39 is 5.41 Å². The zero-order chi connectivity index (χ0) is 22.5. The molecule has 2 aromatic heterocycles. The van der Waals surface area contributed by atoms with Crippen LogP contribution in [-0.2, 0) is 11.0 Å². The van der Waals surface area contributed by atoms with Gasteiger partial charge < -0.3 is 9.73 Å². The summed E-state index contributed by atoms with van der Waals surface area (Å²) in [6.07, 6.45) is 12.6. The number of rotatable bonds is 4. The van der Waals surface area contributed by atoms with E-state index in [1.54, 1.807) is 0 Å². The fourth-order valence-corrected chi connectivity index (χ4v) is 4.81. The molecule has 0 spiro atoms. The molecule has 32 heavy (non-hydrogen) atoms. The van der Waals surface area contributed by atoms with E-state index in [0.29, 0.717) is 28.8 Å². The maximum absolute atomic E-state index is 6.22. The van der Waals surface area contributed by atoms with Crippen molar-refractivity contribution in [2.45, 2.75) is 57.5 Å². The summed E-state index contributed by atoms with van der Waals surface area (Å²) in [5.41, 5.74) is 1.33. The molecule has 3 aromatic rings. The Labute approximate surface area is 193 Å². The number of nitrogens with one attached hydrogen (secondary N) is 1. The van der Waals surface area contributed by atoms with Crippen LogP contribution in [0.1, 0.15) is 52.0 Å². The molecule has 1 aliphatic heterocycles. The first kappa shape index (κ1) is 21.0. The van der Waals surface area contributed by atoms with Crippen molar-refractivity contribution in [2.75, 3.05) is 5.32 Å². The van der Waals surface area contributed by atoms with Crippen LogP contribution in [0.2, 0.25) is 5.02 Å². The number of halogens is 1. The van der Waals surface area contributed by atoms with Crippen LogP contribution in [0.25, 0.3) is 11.5 Å². The van der Waals surface area contributed by atoms with Crippen molar-refractivity contribution < 1.29 is 4.42 Å². The third kappa shape index (κ3) is 3.56. The zero-order valence-corrected chi connectivity index (χ0v) is 19.6. The van der Waals surface area contributed by atoms with Gasteiger partial charge in [0.15, 0.2) is 0 Å². The number of fused-ring (bicyclic) bond motifs is 1. The Kier molecular flexibility index (Phi) is 5.01. The molecule has 2 unspecified atom stereocenters. The summed E-state index contributed by atoms with van der Waals surface area (Å²) in [6.45, 7) is 8.60. The zero-order valence-electron chi connectivity index (χ0n) is 18.8. The highest BCUT2D eigenvalue weighted by Crippen LogP contribution is 2.41. The van der Waals surface area contributed by atoms with Crippen molar-refractivity contribution in [1.29, 1.82) is 0 Å². The molecule has 0 radical (unpaired) electrons. The van der Waals surface area contributed by atoms with Crippen molar-refractivity contribution in [2.24, 2.45) is 5.92 Å². The number of hydrogen-bond acceptors (Lipinski definition) is 5. The first-order chi connectivity index (χ1) is 15.3. The summed E-state index contributed by atoms with van der Waals surface area (Å²) in [4.78, 5) is 0. The standard InChI is InChI=1S/C25H28ClN5O/c1-24(2)14-20(16-8-6-5-7-9-16)28-21-19(15-27-31(21)24)22-29-30-23(32-22)25(3,4)17-10-12-18(26)13-11-17/h5-8,10-13,15-16,20,28H,9,14H2,1-4H3. The molecule has 1 aliphatic carbocycles. The van der Waals surface area contributed by atoms with Gasteiger partial charge in [0, 0.05) is 17.0 Å². The van der Waals surface area contributed by atoms with Crippen LogP contribution in [0.5, 0.6) is 0 Å². The average molecular weight is 450 g/mol. The van der Waals surface area contributed by atoms with Crippen LogP contribution in [0.3, 0.4) is 0 Å². The van der Waals surface area contributed by atoms with Crippen LogP contribution in [0.15, 0.2) is 59.2 Å². The van der Waals surface area contributed by atoms with Crippen LogP contribution in [-0.4, -0.2) is 26.0 Å². The normalized spacial score (nSPS) is 21.9. The molecule has 1 aromatic carbocycles. The highest BCUT2D eigenvalue weighted by atomic mass is 35.5. The number of benzene rings is 1. The maximum Gasteiger partial charge on any atom is 0.253 e. The van der Waals surface area contributed by atoms with Gasteiger partial charge >= 0.3 is 0 Å². The highest BCUT2D eigenvalue weighted by Gasteiger charge is 2.39. The summed E-state index contributed by atoms with van der Waals surface area (Å²) in [7, 11) is 0. The lowest BCUT2D eigenvalue weighted by atomic mass is 9.83. The van der Waals surface area contributed by atoms with Gasteiger partial charge in [-0.1, -0.05) is 48.0 Å². The molecule has 7 heteroatoms. The summed E-state index contributed by atoms with van der Waals surface area (Å²) in [6, 6.07) is 8.06. The van der Waals surface area contributed by atoms with E-state index in [-0.39, 0.29) is 5.54 Å². The lowest BCUT2D eigenvalue weighted by Gasteiger charge is -2.40. The summed E-state index contributed by atoms with van der Waals surface area (Å²) in [5.74, 6) is 2.42. The van der Waals surface area contributed by atoms with Crippen molar-refractivity contribution in [3.05, 3.63) is 71.2 Å². The van der Waals surface area contributed by atoms with Crippen LogP contribution < -0.4 is 5.32 Å². The third-order valence-corrected chi connectivity index (χ3v) is 6.92. The number of nitrogens with zero attached hydrogens (tertiary/aromatic N) is 4.